The third kappa shape index (κ3) is 3.88. The van der Waals surface area contributed by atoms with E-state index in [9.17, 15) is 13.2 Å². The molecule has 2 aromatic rings. The molecule has 3 heterocycles. The van der Waals surface area contributed by atoms with Gasteiger partial charge in [-0.05, 0) is 31.0 Å². The first-order valence-corrected chi connectivity index (χ1v) is 8.49. The first-order chi connectivity index (χ1) is 11.5. The van der Waals surface area contributed by atoms with Crippen LogP contribution in [0.3, 0.4) is 0 Å². The van der Waals surface area contributed by atoms with Gasteiger partial charge in [0.05, 0.1) is 11.0 Å². The smallest absolute Gasteiger partial charge is 0.377 e. The number of halogens is 3. The minimum Gasteiger partial charge on any atom is -0.377 e. The minimum absolute atomic E-state index is 0.266. The largest absolute Gasteiger partial charge is 0.433 e. The zero-order valence-corrected chi connectivity index (χ0v) is 13.8. The molecular weight excluding hydrogens is 339 g/mol. The van der Waals surface area contributed by atoms with Crippen LogP contribution in [0.5, 0.6) is 0 Å². The number of hydrogen-bond donors (Lipinski definition) is 1. The maximum absolute atomic E-state index is 13.0. The summed E-state index contributed by atoms with van der Waals surface area (Å²) in [6, 6.07) is 4.75. The molecular formula is C16H18F3N3OS. The monoisotopic (exact) mass is 357 g/mol. The molecule has 0 radical (unpaired) electrons. The molecule has 1 aliphatic rings. The van der Waals surface area contributed by atoms with E-state index in [0.29, 0.717) is 17.1 Å². The van der Waals surface area contributed by atoms with Crippen LogP contribution in [0.4, 0.5) is 13.2 Å². The molecule has 2 aromatic heterocycles. The van der Waals surface area contributed by atoms with Crippen LogP contribution >= 0.6 is 11.3 Å². The zero-order chi connectivity index (χ0) is 17.2. The van der Waals surface area contributed by atoms with Crippen LogP contribution in [0.15, 0.2) is 24.8 Å². The summed E-state index contributed by atoms with van der Waals surface area (Å²) in [5, 5.41) is 7.29. The van der Waals surface area contributed by atoms with Gasteiger partial charge in [-0.3, -0.25) is 0 Å². The molecule has 8 heteroatoms. The van der Waals surface area contributed by atoms with Crippen LogP contribution in [-0.2, 0) is 17.5 Å². The molecule has 0 unspecified atom stereocenters. The van der Waals surface area contributed by atoms with Gasteiger partial charge in [0.2, 0.25) is 0 Å². The molecule has 1 fully saturated rings. The van der Waals surface area contributed by atoms with E-state index in [4.69, 9.17) is 4.74 Å². The van der Waals surface area contributed by atoms with Gasteiger partial charge >= 0.3 is 6.18 Å². The second-order valence-corrected chi connectivity index (χ2v) is 6.74. The first-order valence-electron chi connectivity index (χ1n) is 7.68. The van der Waals surface area contributed by atoms with Crippen molar-refractivity contribution in [2.24, 2.45) is 0 Å². The fourth-order valence-electron chi connectivity index (χ4n) is 2.64. The predicted octanol–water partition coefficient (Wildman–Crippen LogP) is 4.00. The van der Waals surface area contributed by atoms with E-state index in [1.54, 1.807) is 6.07 Å². The summed E-state index contributed by atoms with van der Waals surface area (Å²) in [5.41, 5.74) is -0.517. The minimum atomic E-state index is -4.46. The molecule has 0 aromatic carbocycles. The Morgan fingerprint density at radius 2 is 2.29 bits per heavy atom. The third-order valence-corrected chi connectivity index (χ3v) is 4.92. The zero-order valence-electron chi connectivity index (χ0n) is 13.0. The molecule has 1 atom stereocenters. The van der Waals surface area contributed by atoms with Crippen LogP contribution in [0.2, 0.25) is 0 Å². The maximum atomic E-state index is 13.0. The molecule has 0 aliphatic carbocycles. The van der Waals surface area contributed by atoms with Crippen molar-refractivity contribution in [3.8, 4) is 10.6 Å². The van der Waals surface area contributed by atoms with E-state index >= 15 is 0 Å². The van der Waals surface area contributed by atoms with Gasteiger partial charge in [0.15, 0.2) is 0 Å². The number of nitrogens with one attached hydrogen (secondary N) is 1. The second kappa shape index (κ2) is 7.08. The van der Waals surface area contributed by atoms with Crippen molar-refractivity contribution in [3.63, 3.8) is 0 Å². The predicted molar refractivity (Wildman–Crippen MR) is 87.6 cm³/mol. The van der Waals surface area contributed by atoms with E-state index in [2.05, 4.69) is 17.0 Å². The second-order valence-electron chi connectivity index (χ2n) is 5.57. The highest BCUT2D eigenvalue weighted by molar-refractivity contribution is 7.15. The Labute approximate surface area is 141 Å². The van der Waals surface area contributed by atoms with Crippen molar-refractivity contribution in [2.75, 3.05) is 13.2 Å². The molecule has 0 amide bonds. The quantitative estimate of drug-likeness (QED) is 0.849. The number of alkyl halides is 3. The van der Waals surface area contributed by atoms with E-state index in [1.165, 1.54) is 11.3 Å². The van der Waals surface area contributed by atoms with Crippen LogP contribution in [0.25, 0.3) is 16.8 Å². The Morgan fingerprint density at radius 3 is 2.92 bits per heavy atom. The van der Waals surface area contributed by atoms with Crippen LogP contribution < -0.4 is 5.32 Å². The first kappa shape index (κ1) is 17.2. The van der Waals surface area contributed by atoms with Crippen molar-refractivity contribution < 1.29 is 17.9 Å². The Bertz CT molecular complexity index is 702. The van der Waals surface area contributed by atoms with E-state index in [0.717, 1.165) is 47.8 Å². The fourth-order valence-corrected chi connectivity index (χ4v) is 3.57. The lowest BCUT2D eigenvalue weighted by atomic mass is 10.2. The fraction of sp³-hybridized carbons (Fsp3) is 0.438. The molecule has 1 N–H and O–H groups in total. The molecule has 24 heavy (non-hydrogen) atoms. The summed E-state index contributed by atoms with van der Waals surface area (Å²) >= 11 is 1.43. The van der Waals surface area contributed by atoms with Crippen molar-refractivity contribution in [1.82, 2.24) is 15.1 Å². The Morgan fingerprint density at radius 1 is 1.46 bits per heavy atom. The highest BCUT2D eigenvalue weighted by Crippen LogP contribution is 2.34. The molecule has 0 saturated carbocycles. The number of aromatic nitrogens is 2. The summed E-state index contributed by atoms with van der Waals surface area (Å²) in [4.78, 5) is 1.75. The molecule has 4 nitrogen and oxygen atoms in total. The van der Waals surface area contributed by atoms with Gasteiger partial charge in [-0.25, -0.2) is 4.68 Å². The lowest BCUT2D eigenvalue weighted by Crippen LogP contribution is -2.25. The molecule has 130 valence electrons. The van der Waals surface area contributed by atoms with E-state index < -0.39 is 11.9 Å². The molecule has 0 bridgehead atoms. The van der Waals surface area contributed by atoms with Crippen LogP contribution in [-0.4, -0.2) is 29.0 Å². The van der Waals surface area contributed by atoms with Gasteiger partial charge in [-0.1, -0.05) is 6.58 Å². The lowest BCUT2D eigenvalue weighted by Gasteiger charge is -2.09. The topological polar surface area (TPSA) is 39.1 Å². The highest BCUT2D eigenvalue weighted by atomic mass is 32.1. The van der Waals surface area contributed by atoms with E-state index in [1.807, 2.05) is 6.07 Å². The summed E-state index contributed by atoms with van der Waals surface area (Å²) in [6.45, 7) is 5.65. The van der Waals surface area contributed by atoms with Crippen molar-refractivity contribution in [2.45, 2.75) is 31.7 Å². The van der Waals surface area contributed by atoms with Gasteiger partial charge in [-0.2, -0.15) is 18.3 Å². The van der Waals surface area contributed by atoms with Crippen molar-refractivity contribution in [3.05, 3.63) is 35.3 Å². The van der Waals surface area contributed by atoms with Gasteiger partial charge in [-0.15, -0.1) is 11.3 Å². The SMILES string of the molecule is C=Cn1nc(-c2ccc(CNC[C@@H]3CCCO3)s2)cc1C(F)(F)F. The number of ether oxygens (including phenoxy) is 1. The van der Waals surface area contributed by atoms with Gasteiger partial charge in [0.1, 0.15) is 11.4 Å². The average Bonchev–Trinajstić information content (AvgIpc) is 3.26. The number of hydrogen-bond acceptors (Lipinski definition) is 4. The number of rotatable bonds is 6. The number of nitrogens with zero attached hydrogens (tertiary/aromatic N) is 2. The van der Waals surface area contributed by atoms with Crippen LogP contribution in [0, 0.1) is 0 Å². The van der Waals surface area contributed by atoms with Gasteiger partial charge < -0.3 is 10.1 Å². The summed E-state index contributed by atoms with van der Waals surface area (Å²) in [6.07, 6.45) is -0.959. The average molecular weight is 357 g/mol. The van der Waals surface area contributed by atoms with Gasteiger partial charge in [0, 0.05) is 30.8 Å². The highest BCUT2D eigenvalue weighted by Gasteiger charge is 2.35. The Kier molecular flexibility index (Phi) is 5.07. The maximum Gasteiger partial charge on any atom is 0.433 e. The van der Waals surface area contributed by atoms with E-state index in [-0.39, 0.29) is 6.10 Å². The third-order valence-electron chi connectivity index (χ3n) is 3.81. The molecule has 1 saturated heterocycles. The molecule has 1 aliphatic heterocycles. The molecule has 0 spiro atoms. The Balaban J connectivity index is 1.66. The normalized spacial score (nSPS) is 18.2. The summed E-state index contributed by atoms with van der Waals surface area (Å²) < 4.78 is 45.2. The van der Waals surface area contributed by atoms with Crippen LogP contribution in [0.1, 0.15) is 23.4 Å². The Hall–Kier alpha value is -1.64. The summed E-state index contributed by atoms with van der Waals surface area (Å²) in [5.74, 6) is 0. The van der Waals surface area contributed by atoms with Gasteiger partial charge in [0.25, 0.3) is 0 Å². The summed E-state index contributed by atoms with van der Waals surface area (Å²) in [7, 11) is 0. The van der Waals surface area contributed by atoms with Crippen molar-refractivity contribution >= 4 is 17.5 Å². The van der Waals surface area contributed by atoms with Crippen molar-refractivity contribution in [1.29, 1.82) is 0 Å². The molecule has 3 rings (SSSR count). The lowest BCUT2D eigenvalue weighted by molar-refractivity contribution is -0.142. The number of thiophene rings is 1. The standard InChI is InChI=1S/C16H18F3N3OS/c1-2-22-15(16(17,18)19)8-13(21-22)14-6-5-12(24-14)10-20-9-11-4-3-7-23-11/h2,5-6,8,11,20H,1,3-4,7,9-10H2/t11-/m0/s1.